The predicted octanol–water partition coefficient (Wildman–Crippen LogP) is 12.0. The second-order valence-electron chi connectivity index (χ2n) is 13.9. The molecule has 0 atom stereocenters. The van der Waals surface area contributed by atoms with Gasteiger partial charge in [0.2, 0.25) is 0 Å². The molecule has 0 aliphatic rings. The fourth-order valence-corrected chi connectivity index (χ4v) is 7.17. The Balaban J connectivity index is 0.000000178. The van der Waals surface area contributed by atoms with E-state index in [-0.39, 0.29) is 20.1 Å². The van der Waals surface area contributed by atoms with Crippen molar-refractivity contribution in [3.63, 3.8) is 0 Å². The molecule has 3 aromatic heterocycles. The number of fused-ring (bicyclic) bond motifs is 3. The molecule has 8 rings (SSSR count). The molecule has 255 valence electrons. The quantitative estimate of drug-likeness (QED) is 0.124. The molecule has 0 amide bonds. The van der Waals surface area contributed by atoms with E-state index >= 15 is 0 Å². The smallest absolute Gasteiger partial charge is 0.124 e. The van der Waals surface area contributed by atoms with Gasteiger partial charge in [0, 0.05) is 32.5 Å². The Bertz CT molecular complexity index is 2380. The molecule has 0 N–H and O–H groups in total. The third-order valence-electron chi connectivity index (χ3n) is 9.04. The molecular formula is C46H40IrN2OSi-2. The summed E-state index contributed by atoms with van der Waals surface area (Å²) in [6.07, 6.45) is 3.90. The van der Waals surface area contributed by atoms with Crippen molar-refractivity contribution in [1.29, 1.82) is 0 Å². The molecule has 0 fully saturated rings. The molecule has 8 aromatic rings. The van der Waals surface area contributed by atoms with Crippen LogP contribution < -0.4 is 5.19 Å². The van der Waals surface area contributed by atoms with Gasteiger partial charge in [-0.05, 0) is 56.7 Å². The van der Waals surface area contributed by atoms with Gasteiger partial charge in [0.25, 0.3) is 0 Å². The molecule has 0 aliphatic carbocycles. The van der Waals surface area contributed by atoms with Crippen LogP contribution in [0.3, 0.4) is 0 Å². The second kappa shape index (κ2) is 15.5. The first-order valence-electron chi connectivity index (χ1n) is 17.2. The second-order valence-corrected chi connectivity index (χ2v) is 19.0. The zero-order valence-corrected chi connectivity index (χ0v) is 33.0. The van der Waals surface area contributed by atoms with Crippen LogP contribution in [0, 0.1) is 12.1 Å². The first kappa shape index (κ1) is 35.9. The normalized spacial score (nSPS) is 11.3. The monoisotopic (exact) mass is 857 g/mol. The molecular weight excluding hydrogens is 817 g/mol. The van der Waals surface area contributed by atoms with Crippen molar-refractivity contribution >= 4 is 35.2 Å². The molecule has 3 nitrogen and oxygen atoms in total. The number of pyridine rings is 2. The maximum atomic E-state index is 6.17. The van der Waals surface area contributed by atoms with Crippen LogP contribution in [0.2, 0.25) is 19.6 Å². The Labute approximate surface area is 315 Å². The number of furan rings is 1. The van der Waals surface area contributed by atoms with E-state index in [1.807, 2.05) is 42.7 Å². The maximum absolute atomic E-state index is 6.17. The van der Waals surface area contributed by atoms with Crippen LogP contribution in [0.1, 0.15) is 25.3 Å². The summed E-state index contributed by atoms with van der Waals surface area (Å²) in [5, 5.41) is 3.60. The zero-order chi connectivity index (χ0) is 34.7. The van der Waals surface area contributed by atoms with Crippen molar-refractivity contribution in [3.05, 3.63) is 164 Å². The summed E-state index contributed by atoms with van der Waals surface area (Å²) < 4.78 is 6.17. The number of benzene rings is 5. The van der Waals surface area contributed by atoms with E-state index in [4.69, 9.17) is 4.42 Å². The SMILES string of the molecule is CC(C)c1ccnc(-c2[c-]c3oc4cccc(-c5ccccc5)c4c3cc2)c1.C[Si](C)(C)c1ccc(-c2[c-]ccc(-c3ccccc3)c2)nc1.[Ir]. The van der Waals surface area contributed by atoms with E-state index < -0.39 is 8.07 Å². The zero-order valence-electron chi connectivity index (χ0n) is 29.6. The van der Waals surface area contributed by atoms with E-state index in [1.165, 1.54) is 33.0 Å². The van der Waals surface area contributed by atoms with Crippen LogP contribution in [-0.2, 0) is 20.1 Å². The Morgan fingerprint density at radius 3 is 2.08 bits per heavy atom. The largest absolute Gasteiger partial charge is 0.477 e. The van der Waals surface area contributed by atoms with Gasteiger partial charge in [0.1, 0.15) is 5.58 Å². The number of nitrogens with zero attached hydrogens (tertiary/aromatic N) is 2. The standard InChI is InChI=1S/C26H20NO.C20H20NSi.Ir/c1-17(2)19-13-14-27-23(15-19)20-11-12-22-25(16-20)28-24-10-6-9-21(26(22)24)18-7-4-3-5-8-18;1-22(2,3)19-12-13-20(21-15-19)18-11-7-10-17(14-18)16-8-5-4-6-9-16;/h3-15,17H,1-2H3;4-10,12-15H,1-3H3;/q2*-1;. The molecule has 0 saturated heterocycles. The number of hydrogen-bond donors (Lipinski definition) is 0. The first-order chi connectivity index (χ1) is 24.2. The minimum atomic E-state index is -1.29. The van der Waals surface area contributed by atoms with Gasteiger partial charge < -0.3 is 14.4 Å². The van der Waals surface area contributed by atoms with Crippen LogP contribution in [0.15, 0.2) is 150 Å². The molecule has 0 unspecified atom stereocenters. The number of rotatable bonds is 6. The van der Waals surface area contributed by atoms with E-state index in [2.05, 4.69) is 159 Å². The van der Waals surface area contributed by atoms with Crippen LogP contribution in [0.5, 0.6) is 0 Å². The van der Waals surface area contributed by atoms with Crippen LogP contribution >= 0.6 is 0 Å². The van der Waals surface area contributed by atoms with Gasteiger partial charge in [0.15, 0.2) is 0 Å². The predicted molar refractivity (Wildman–Crippen MR) is 212 cm³/mol. The molecule has 0 bridgehead atoms. The fourth-order valence-electron chi connectivity index (χ4n) is 6.14. The summed E-state index contributed by atoms with van der Waals surface area (Å²) in [5.74, 6) is 0.463. The molecule has 5 heteroatoms. The maximum Gasteiger partial charge on any atom is 0.124 e. The van der Waals surface area contributed by atoms with E-state index in [9.17, 15) is 0 Å². The third kappa shape index (κ3) is 8.02. The molecule has 3 heterocycles. The fraction of sp³-hybridized carbons (Fsp3) is 0.130. The van der Waals surface area contributed by atoms with E-state index in [0.29, 0.717) is 5.92 Å². The van der Waals surface area contributed by atoms with Crippen LogP contribution in [0.4, 0.5) is 0 Å². The molecule has 5 aromatic carbocycles. The topological polar surface area (TPSA) is 38.9 Å². The minimum absolute atomic E-state index is 0. The van der Waals surface area contributed by atoms with Crippen molar-refractivity contribution in [2.24, 2.45) is 0 Å². The van der Waals surface area contributed by atoms with Gasteiger partial charge in [-0.2, -0.15) is 0 Å². The summed E-state index contributed by atoms with van der Waals surface area (Å²) in [4.78, 5) is 9.20. The summed E-state index contributed by atoms with van der Waals surface area (Å²) in [6.45, 7) is 11.4. The van der Waals surface area contributed by atoms with Gasteiger partial charge in [-0.15, -0.1) is 53.1 Å². The molecule has 1 radical (unpaired) electrons. The van der Waals surface area contributed by atoms with Crippen molar-refractivity contribution < 1.29 is 24.5 Å². The van der Waals surface area contributed by atoms with Crippen molar-refractivity contribution in [2.45, 2.75) is 39.4 Å². The Morgan fingerprint density at radius 2 is 1.39 bits per heavy atom. The number of hydrogen-bond acceptors (Lipinski definition) is 3. The summed E-state index contributed by atoms with van der Waals surface area (Å²) in [5.41, 5.74) is 11.6. The van der Waals surface area contributed by atoms with E-state index in [0.717, 1.165) is 44.5 Å². The Morgan fingerprint density at radius 1 is 0.647 bits per heavy atom. The van der Waals surface area contributed by atoms with E-state index in [1.54, 1.807) is 0 Å². The van der Waals surface area contributed by atoms with Crippen LogP contribution in [0.25, 0.3) is 66.7 Å². The van der Waals surface area contributed by atoms with Gasteiger partial charge in [-0.3, -0.25) is 0 Å². The summed E-state index contributed by atoms with van der Waals surface area (Å²) in [6, 6.07) is 52.8. The van der Waals surface area contributed by atoms with Crippen molar-refractivity contribution in [1.82, 2.24) is 9.97 Å². The third-order valence-corrected chi connectivity index (χ3v) is 11.1. The van der Waals surface area contributed by atoms with Crippen LogP contribution in [-0.4, -0.2) is 18.0 Å². The minimum Gasteiger partial charge on any atom is -0.477 e. The van der Waals surface area contributed by atoms with Gasteiger partial charge >= 0.3 is 0 Å². The molecule has 0 aliphatic heterocycles. The average molecular weight is 857 g/mol. The number of aromatic nitrogens is 2. The average Bonchev–Trinajstić information content (AvgIpc) is 3.54. The summed E-state index contributed by atoms with van der Waals surface area (Å²) >= 11 is 0. The Kier molecular flexibility index (Phi) is 10.9. The summed E-state index contributed by atoms with van der Waals surface area (Å²) in [7, 11) is -1.29. The molecule has 0 spiro atoms. The van der Waals surface area contributed by atoms with Gasteiger partial charge in [-0.1, -0.05) is 142 Å². The molecule has 51 heavy (non-hydrogen) atoms. The Hall–Kier alpha value is -4.93. The van der Waals surface area contributed by atoms with Crippen molar-refractivity contribution in [3.8, 4) is 44.8 Å². The first-order valence-corrected chi connectivity index (χ1v) is 20.7. The van der Waals surface area contributed by atoms with Crippen molar-refractivity contribution in [2.75, 3.05) is 0 Å². The van der Waals surface area contributed by atoms with Gasteiger partial charge in [0.05, 0.1) is 13.7 Å². The molecule has 0 saturated carbocycles. The van der Waals surface area contributed by atoms with Gasteiger partial charge in [-0.25, -0.2) is 0 Å².